The summed E-state index contributed by atoms with van der Waals surface area (Å²) in [6.07, 6.45) is 4.37. The van der Waals surface area contributed by atoms with E-state index in [-0.39, 0.29) is 10.7 Å². The molecule has 1 aromatic heterocycles. The van der Waals surface area contributed by atoms with Gasteiger partial charge in [0.15, 0.2) is 0 Å². The molecule has 6 nitrogen and oxygen atoms in total. The van der Waals surface area contributed by atoms with Crippen molar-refractivity contribution in [1.82, 2.24) is 9.29 Å². The molecule has 0 radical (unpaired) electrons. The Kier molecular flexibility index (Phi) is 5.50. The first-order valence-corrected chi connectivity index (χ1v) is 11.2. The Hall–Kier alpha value is -2.19. The highest BCUT2D eigenvalue weighted by Gasteiger charge is 2.27. The van der Waals surface area contributed by atoms with Crippen molar-refractivity contribution in [3.63, 3.8) is 0 Å². The van der Waals surface area contributed by atoms with E-state index >= 15 is 0 Å². The lowest BCUT2D eigenvalue weighted by Crippen LogP contribution is -2.47. The second-order valence-corrected chi connectivity index (χ2v) is 9.18. The first-order chi connectivity index (χ1) is 13.6. The van der Waals surface area contributed by atoms with E-state index in [4.69, 9.17) is 0 Å². The van der Waals surface area contributed by atoms with Crippen molar-refractivity contribution >= 4 is 21.5 Å². The van der Waals surface area contributed by atoms with Crippen molar-refractivity contribution < 1.29 is 12.8 Å². The van der Waals surface area contributed by atoms with E-state index in [9.17, 15) is 12.8 Å². The molecule has 28 heavy (non-hydrogen) atoms. The highest BCUT2D eigenvalue weighted by atomic mass is 32.2. The first kappa shape index (κ1) is 19.1. The van der Waals surface area contributed by atoms with Gasteiger partial charge in [-0.05, 0) is 37.1 Å². The highest BCUT2D eigenvalue weighted by Crippen LogP contribution is 2.24. The van der Waals surface area contributed by atoms with Crippen LogP contribution in [0.25, 0.3) is 0 Å². The van der Waals surface area contributed by atoms with Crippen LogP contribution in [-0.4, -0.2) is 57.0 Å². The third-order valence-corrected chi connectivity index (χ3v) is 7.35. The van der Waals surface area contributed by atoms with Crippen molar-refractivity contribution in [3.8, 4) is 0 Å². The summed E-state index contributed by atoms with van der Waals surface area (Å²) in [6.45, 7) is 3.97. The van der Waals surface area contributed by atoms with E-state index in [2.05, 4.69) is 9.88 Å². The Morgan fingerprint density at radius 1 is 0.821 bits per heavy atom. The molecule has 0 amide bonds. The minimum absolute atomic E-state index is 0.207. The number of halogens is 1. The zero-order valence-electron chi connectivity index (χ0n) is 15.8. The Morgan fingerprint density at radius 3 is 2.14 bits per heavy atom. The number of pyridine rings is 1. The number of piperazine rings is 1. The molecule has 2 aromatic rings. The predicted octanol–water partition coefficient (Wildman–Crippen LogP) is 2.72. The molecule has 0 unspecified atom stereocenters. The number of hydrogen-bond acceptors (Lipinski definition) is 5. The quantitative estimate of drug-likeness (QED) is 0.784. The molecule has 0 N–H and O–H groups in total. The van der Waals surface area contributed by atoms with E-state index in [1.165, 1.54) is 12.3 Å². The summed E-state index contributed by atoms with van der Waals surface area (Å²) in [6, 6.07) is 10.2. The van der Waals surface area contributed by atoms with Crippen LogP contribution in [0.15, 0.2) is 47.5 Å². The maximum atomic E-state index is 14.0. The largest absolute Gasteiger partial charge is 0.366 e. The summed E-state index contributed by atoms with van der Waals surface area (Å²) in [5.74, 6) is 0.548. The van der Waals surface area contributed by atoms with Crippen LogP contribution in [0.4, 0.5) is 15.9 Å². The molecule has 8 heteroatoms. The number of hydrogen-bond donors (Lipinski definition) is 0. The van der Waals surface area contributed by atoms with E-state index < -0.39 is 10.0 Å². The zero-order chi connectivity index (χ0) is 19.6. The second-order valence-electron chi connectivity index (χ2n) is 7.24. The van der Waals surface area contributed by atoms with Gasteiger partial charge in [0.2, 0.25) is 10.0 Å². The van der Waals surface area contributed by atoms with Crippen molar-refractivity contribution in [2.45, 2.75) is 24.2 Å². The average molecular weight is 405 g/mol. The SMILES string of the molecule is O=S(=O)(c1ccc(N2CCN(c3ccccc3F)CC2)nc1)N1CCCCC1. The third kappa shape index (κ3) is 3.84. The van der Waals surface area contributed by atoms with Crippen molar-refractivity contribution in [2.75, 3.05) is 49.1 Å². The summed E-state index contributed by atoms with van der Waals surface area (Å²) in [4.78, 5) is 8.79. The number of benzene rings is 1. The summed E-state index contributed by atoms with van der Waals surface area (Å²) in [5.41, 5.74) is 0.623. The highest BCUT2D eigenvalue weighted by molar-refractivity contribution is 7.89. The molecule has 1 aromatic carbocycles. The molecule has 0 atom stereocenters. The fraction of sp³-hybridized carbons (Fsp3) is 0.450. The van der Waals surface area contributed by atoms with Crippen LogP contribution in [0.1, 0.15) is 19.3 Å². The molecule has 0 spiro atoms. The Balaban J connectivity index is 1.42. The monoisotopic (exact) mass is 404 g/mol. The van der Waals surface area contributed by atoms with Gasteiger partial charge in [-0.1, -0.05) is 18.6 Å². The molecule has 150 valence electrons. The lowest BCUT2D eigenvalue weighted by Gasteiger charge is -2.36. The number of anilines is 2. The predicted molar refractivity (Wildman–Crippen MR) is 108 cm³/mol. The van der Waals surface area contributed by atoms with Gasteiger partial charge in [0.05, 0.1) is 5.69 Å². The number of rotatable bonds is 4. The van der Waals surface area contributed by atoms with Gasteiger partial charge in [-0.2, -0.15) is 4.31 Å². The molecule has 0 aliphatic carbocycles. The number of nitrogens with zero attached hydrogens (tertiary/aromatic N) is 4. The molecule has 0 saturated carbocycles. The normalized spacial score (nSPS) is 19.0. The second kappa shape index (κ2) is 8.05. The van der Waals surface area contributed by atoms with Crippen LogP contribution in [-0.2, 0) is 10.0 Å². The Bertz CT molecular complexity index is 906. The van der Waals surface area contributed by atoms with Crippen LogP contribution >= 0.6 is 0 Å². The van der Waals surface area contributed by atoms with Gasteiger partial charge in [-0.3, -0.25) is 0 Å². The fourth-order valence-corrected chi connectivity index (χ4v) is 5.31. The number of para-hydroxylation sites is 1. The number of aromatic nitrogens is 1. The van der Waals surface area contributed by atoms with Gasteiger partial charge in [-0.15, -0.1) is 0 Å². The van der Waals surface area contributed by atoms with Crippen LogP contribution in [0, 0.1) is 5.82 Å². The summed E-state index contributed by atoms with van der Waals surface area (Å²) in [5, 5.41) is 0. The molecular formula is C20H25FN4O2S. The lowest BCUT2D eigenvalue weighted by atomic mass is 10.2. The fourth-order valence-electron chi connectivity index (χ4n) is 3.85. The van der Waals surface area contributed by atoms with Gasteiger partial charge in [0.25, 0.3) is 0 Å². The van der Waals surface area contributed by atoms with Crippen molar-refractivity contribution in [2.24, 2.45) is 0 Å². The molecule has 2 saturated heterocycles. The molecule has 2 aliphatic heterocycles. The lowest BCUT2D eigenvalue weighted by molar-refractivity contribution is 0.346. The van der Waals surface area contributed by atoms with Gasteiger partial charge < -0.3 is 9.80 Å². The molecular weight excluding hydrogens is 379 g/mol. The van der Waals surface area contributed by atoms with Gasteiger partial charge >= 0.3 is 0 Å². The Morgan fingerprint density at radius 2 is 1.50 bits per heavy atom. The third-order valence-electron chi connectivity index (χ3n) is 5.47. The van der Waals surface area contributed by atoms with Crippen LogP contribution in [0.5, 0.6) is 0 Å². The minimum Gasteiger partial charge on any atom is -0.366 e. The molecule has 2 aliphatic rings. The van der Waals surface area contributed by atoms with Crippen LogP contribution < -0.4 is 9.80 Å². The molecule has 4 rings (SSSR count). The van der Waals surface area contributed by atoms with E-state index in [1.54, 1.807) is 28.6 Å². The molecule has 2 fully saturated rings. The average Bonchev–Trinajstić information content (AvgIpc) is 2.75. The molecule has 0 bridgehead atoms. The number of sulfonamides is 1. The van der Waals surface area contributed by atoms with E-state index in [1.807, 2.05) is 11.0 Å². The van der Waals surface area contributed by atoms with Gasteiger partial charge in [0, 0.05) is 45.5 Å². The number of piperidine rings is 1. The van der Waals surface area contributed by atoms with Crippen molar-refractivity contribution in [3.05, 3.63) is 48.4 Å². The molecule has 3 heterocycles. The topological polar surface area (TPSA) is 56.8 Å². The van der Waals surface area contributed by atoms with Crippen molar-refractivity contribution in [1.29, 1.82) is 0 Å². The minimum atomic E-state index is -3.46. The van der Waals surface area contributed by atoms with Gasteiger partial charge in [0.1, 0.15) is 16.5 Å². The zero-order valence-corrected chi connectivity index (χ0v) is 16.6. The maximum Gasteiger partial charge on any atom is 0.244 e. The van der Waals surface area contributed by atoms with Crippen LogP contribution in [0.3, 0.4) is 0 Å². The first-order valence-electron chi connectivity index (χ1n) is 9.76. The van der Waals surface area contributed by atoms with E-state index in [0.717, 1.165) is 25.1 Å². The van der Waals surface area contributed by atoms with Gasteiger partial charge in [-0.25, -0.2) is 17.8 Å². The summed E-state index contributed by atoms with van der Waals surface area (Å²) >= 11 is 0. The maximum absolute atomic E-state index is 14.0. The van der Waals surface area contributed by atoms with Crippen LogP contribution in [0.2, 0.25) is 0 Å². The van der Waals surface area contributed by atoms with E-state index in [0.29, 0.717) is 45.0 Å². The standard InChI is InChI=1S/C20H25FN4O2S/c21-18-6-2-3-7-19(18)23-12-14-24(15-13-23)20-9-8-17(16-22-20)28(26,27)25-10-4-1-5-11-25/h2-3,6-9,16H,1,4-5,10-15H2. The smallest absolute Gasteiger partial charge is 0.244 e. The summed E-state index contributed by atoms with van der Waals surface area (Å²) < 4.78 is 41.0. The summed E-state index contributed by atoms with van der Waals surface area (Å²) in [7, 11) is -3.46. The Labute approximate surface area is 165 Å².